The molecular weight excluding hydrogens is 267 g/mol. The van der Waals surface area contributed by atoms with E-state index in [-0.39, 0.29) is 12.4 Å². The Hall–Kier alpha value is -2.62. The molecule has 0 fully saturated rings. The van der Waals surface area contributed by atoms with Crippen LogP contribution < -0.4 is 10.5 Å². The highest BCUT2D eigenvalue weighted by molar-refractivity contribution is 5.81. The maximum Gasteiger partial charge on any atom is 0.167 e. The van der Waals surface area contributed by atoms with Crippen LogP contribution in [0.4, 0.5) is 10.1 Å². The highest BCUT2D eigenvalue weighted by atomic mass is 19.1. The summed E-state index contributed by atoms with van der Waals surface area (Å²) < 4.78 is 19.4. The monoisotopic (exact) mass is 282 g/mol. The number of hydrogen-bond donors (Lipinski definition) is 1. The number of nitrogens with two attached hydrogens (primary N) is 1. The van der Waals surface area contributed by atoms with E-state index in [0.717, 1.165) is 22.0 Å². The van der Waals surface area contributed by atoms with Gasteiger partial charge in [0.25, 0.3) is 0 Å². The van der Waals surface area contributed by atoms with Gasteiger partial charge in [-0.05, 0) is 30.7 Å². The molecule has 0 aliphatic heterocycles. The van der Waals surface area contributed by atoms with Gasteiger partial charge in [-0.2, -0.15) is 0 Å². The van der Waals surface area contributed by atoms with Gasteiger partial charge in [0.1, 0.15) is 6.61 Å². The number of ether oxygens (including phenoxy) is 1. The van der Waals surface area contributed by atoms with Crippen LogP contribution in [0.1, 0.15) is 11.1 Å². The van der Waals surface area contributed by atoms with Gasteiger partial charge in [-0.3, -0.25) is 4.98 Å². The van der Waals surface area contributed by atoms with Crippen molar-refractivity contribution in [2.24, 2.45) is 0 Å². The third-order valence-electron chi connectivity index (χ3n) is 3.44. The van der Waals surface area contributed by atoms with Gasteiger partial charge >= 0.3 is 0 Å². The van der Waals surface area contributed by atoms with E-state index < -0.39 is 5.82 Å². The minimum atomic E-state index is -0.448. The Kier molecular flexibility index (Phi) is 3.44. The Morgan fingerprint density at radius 2 is 2.00 bits per heavy atom. The Labute approximate surface area is 122 Å². The van der Waals surface area contributed by atoms with Crippen LogP contribution in [-0.4, -0.2) is 4.98 Å². The average Bonchev–Trinajstić information content (AvgIpc) is 2.49. The van der Waals surface area contributed by atoms with E-state index in [0.29, 0.717) is 5.69 Å². The second-order valence-corrected chi connectivity index (χ2v) is 4.92. The van der Waals surface area contributed by atoms with Crippen LogP contribution in [0, 0.1) is 12.7 Å². The van der Waals surface area contributed by atoms with Crippen LogP contribution in [0.5, 0.6) is 5.75 Å². The molecule has 0 unspecified atom stereocenters. The summed E-state index contributed by atoms with van der Waals surface area (Å²) in [6.07, 6.45) is 1.73. The van der Waals surface area contributed by atoms with Gasteiger partial charge in [0.05, 0.1) is 5.52 Å². The van der Waals surface area contributed by atoms with Gasteiger partial charge in [0.15, 0.2) is 11.6 Å². The van der Waals surface area contributed by atoms with Crippen molar-refractivity contribution < 1.29 is 9.13 Å². The lowest BCUT2D eigenvalue weighted by Crippen LogP contribution is -2.00. The molecule has 1 heterocycles. The third-order valence-corrected chi connectivity index (χ3v) is 3.44. The van der Waals surface area contributed by atoms with E-state index in [1.807, 2.05) is 37.3 Å². The molecule has 2 aromatic carbocycles. The van der Waals surface area contributed by atoms with Gasteiger partial charge in [0.2, 0.25) is 0 Å². The van der Waals surface area contributed by atoms with E-state index in [2.05, 4.69) is 4.98 Å². The second kappa shape index (κ2) is 5.40. The minimum absolute atomic E-state index is 0.211. The fourth-order valence-electron chi connectivity index (χ4n) is 2.22. The van der Waals surface area contributed by atoms with E-state index in [1.165, 1.54) is 6.07 Å². The molecule has 106 valence electrons. The van der Waals surface area contributed by atoms with Crippen LogP contribution in [-0.2, 0) is 6.61 Å². The molecule has 3 nitrogen and oxygen atoms in total. The van der Waals surface area contributed by atoms with Crippen LogP contribution in [0.25, 0.3) is 10.9 Å². The second-order valence-electron chi connectivity index (χ2n) is 4.92. The summed E-state index contributed by atoms with van der Waals surface area (Å²) in [5.74, 6) is -0.237. The number of aryl methyl sites for hydroxylation is 1. The summed E-state index contributed by atoms with van der Waals surface area (Å²) in [5, 5.41) is 1.01. The largest absolute Gasteiger partial charge is 0.486 e. The van der Waals surface area contributed by atoms with E-state index in [4.69, 9.17) is 10.5 Å². The van der Waals surface area contributed by atoms with Crippen molar-refractivity contribution in [1.29, 1.82) is 0 Å². The molecule has 0 bridgehead atoms. The van der Waals surface area contributed by atoms with Crippen molar-refractivity contribution in [3.63, 3.8) is 0 Å². The Balaban J connectivity index is 1.89. The summed E-state index contributed by atoms with van der Waals surface area (Å²) >= 11 is 0. The number of rotatable bonds is 3. The summed E-state index contributed by atoms with van der Waals surface area (Å²) in [4.78, 5) is 4.29. The predicted molar refractivity (Wildman–Crippen MR) is 81.6 cm³/mol. The van der Waals surface area contributed by atoms with Crippen molar-refractivity contribution in [3.8, 4) is 5.75 Å². The first-order valence-corrected chi connectivity index (χ1v) is 6.66. The molecule has 0 aliphatic rings. The van der Waals surface area contributed by atoms with E-state index in [9.17, 15) is 4.39 Å². The lowest BCUT2D eigenvalue weighted by molar-refractivity contribution is 0.291. The molecule has 0 amide bonds. The molecule has 3 rings (SSSR count). The molecule has 21 heavy (non-hydrogen) atoms. The number of fused-ring (bicyclic) bond motifs is 1. The van der Waals surface area contributed by atoms with Crippen molar-refractivity contribution in [1.82, 2.24) is 4.98 Å². The molecule has 3 aromatic rings. The Bertz CT molecular complexity index is 797. The van der Waals surface area contributed by atoms with E-state index >= 15 is 0 Å². The molecule has 2 N–H and O–H groups in total. The zero-order chi connectivity index (χ0) is 14.8. The lowest BCUT2D eigenvalue weighted by Gasteiger charge is -2.11. The van der Waals surface area contributed by atoms with Gasteiger partial charge in [-0.15, -0.1) is 0 Å². The SMILES string of the molecule is Cc1cc(OCc2ccnc3ccccc23)c(F)cc1N. The van der Waals surface area contributed by atoms with Gasteiger partial charge in [0, 0.05) is 28.9 Å². The van der Waals surface area contributed by atoms with E-state index in [1.54, 1.807) is 12.3 Å². The molecular formula is C17H15FN2O. The Morgan fingerprint density at radius 3 is 2.86 bits per heavy atom. The summed E-state index contributed by atoms with van der Waals surface area (Å²) in [5.41, 5.74) is 8.75. The zero-order valence-corrected chi connectivity index (χ0v) is 11.6. The van der Waals surface area contributed by atoms with Crippen molar-refractivity contribution >= 4 is 16.6 Å². The predicted octanol–water partition coefficient (Wildman–Crippen LogP) is 3.84. The number of para-hydroxylation sites is 1. The van der Waals surface area contributed by atoms with Crippen LogP contribution >= 0.6 is 0 Å². The highest BCUT2D eigenvalue weighted by Gasteiger charge is 2.08. The fourth-order valence-corrected chi connectivity index (χ4v) is 2.22. The average molecular weight is 282 g/mol. The number of aromatic nitrogens is 1. The normalized spacial score (nSPS) is 10.8. The number of nitrogen functional groups attached to an aromatic ring is 1. The smallest absolute Gasteiger partial charge is 0.167 e. The van der Waals surface area contributed by atoms with Gasteiger partial charge in [-0.25, -0.2) is 4.39 Å². The molecule has 0 spiro atoms. The molecule has 4 heteroatoms. The molecule has 0 radical (unpaired) electrons. The summed E-state index contributed by atoms with van der Waals surface area (Å²) in [6, 6.07) is 12.6. The van der Waals surface area contributed by atoms with Gasteiger partial charge in [-0.1, -0.05) is 18.2 Å². The zero-order valence-electron chi connectivity index (χ0n) is 11.6. The van der Waals surface area contributed by atoms with Crippen molar-refractivity contribution in [3.05, 3.63) is 65.6 Å². The number of hydrogen-bond acceptors (Lipinski definition) is 3. The fraction of sp³-hybridized carbons (Fsp3) is 0.118. The summed E-state index contributed by atoms with van der Waals surface area (Å²) in [6.45, 7) is 2.10. The highest BCUT2D eigenvalue weighted by Crippen LogP contribution is 2.25. The number of nitrogens with zero attached hydrogens (tertiary/aromatic N) is 1. The first kappa shape index (κ1) is 13.4. The number of anilines is 1. The molecule has 0 aliphatic carbocycles. The first-order valence-electron chi connectivity index (χ1n) is 6.66. The number of pyridine rings is 1. The van der Waals surface area contributed by atoms with Gasteiger partial charge < -0.3 is 10.5 Å². The lowest BCUT2D eigenvalue weighted by atomic mass is 10.1. The van der Waals surface area contributed by atoms with Crippen LogP contribution in [0.15, 0.2) is 48.7 Å². The molecule has 0 saturated heterocycles. The summed E-state index contributed by atoms with van der Waals surface area (Å²) in [7, 11) is 0. The molecule has 1 aromatic heterocycles. The number of halogens is 1. The number of benzene rings is 2. The molecule has 0 saturated carbocycles. The van der Waals surface area contributed by atoms with Crippen LogP contribution in [0.2, 0.25) is 0 Å². The quantitative estimate of drug-likeness (QED) is 0.742. The standard InChI is InChI=1S/C17H15FN2O/c1-11-8-17(14(18)9-15(11)19)21-10-12-6-7-20-16-5-3-2-4-13(12)16/h2-9H,10,19H2,1H3. The van der Waals surface area contributed by atoms with Crippen molar-refractivity contribution in [2.75, 3.05) is 5.73 Å². The third kappa shape index (κ3) is 2.65. The maximum atomic E-state index is 13.8. The van der Waals surface area contributed by atoms with Crippen LogP contribution in [0.3, 0.4) is 0 Å². The topological polar surface area (TPSA) is 48.1 Å². The Morgan fingerprint density at radius 1 is 1.19 bits per heavy atom. The maximum absolute atomic E-state index is 13.8. The molecule has 0 atom stereocenters. The minimum Gasteiger partial charge on any atom is -0.486 e. The first-order chi connectivity index (χ1) is 10.1. The van der Waals surface area contributed by atoms with Crippen molar-refractivity contribution in [2.45, 2.75) is 13.5 Å².